The van der Waals surface area contributed by atoms with E-state index < -0.39 is 28.1 Å². The predicted molar refractivity (Wildman–Crippen MR) is 77.4 cm³/mol. The Morgan fingerprint density at radius 3 is 2.46 bits per heavy atom. The number of sulfonamides is 1. The molecule has 24 heavy (non-hydrogen) atoms. The summed E-state index contributed by atoms with van der Waals surface area (Å²) in [5.41, 5.74) is 0.180. The molecule has 1 aromatic carbocycles. The molecule has 0 radical (unpaired) electrons. The van der Waals surface area contributed by atoms with Gasteiger partial charge in [0.2, 0.25) is 0 Å². The van der Waals surface area contributed by atoms with Crippen LogP contribution in [0.5, 0.6) is 5.75 Å². The summed E-state index contributed by atoms with van der Waals surface area (Å²) in [7, 11) is -4.08. The molecule has 1 heterocycles. The number of thiazole rings is 1. The summed E-state index contributed by atoms with van der Waals surface area (Å²) < 4.78 is 66.1. The molecule has 0 saturated carbocycles. The van der Waals surface area contributed by atoms with E-state index in [1.165, 1.54) is 5.38 Å². The molecule has 0 atom stereocenters. The van der Waals surface area contributed by atoms with Gasteiger partial charge in [-0.2, -0.15) is 0 Å². The summed E-state index contributed by atoms with van der Waals surface area (Å²) in [5.74, 6) is -1.67. The third-order valence-corrected chi connectivity index (χ3v) is 4.76. The first-order chi connectivity index (χ1) is 11.0. The number of ether oxygens (including phenoxy) is 1. The number of aliphatic carboxylic acids is 1. The van der Waals surface area contributed by atoms with Gasteiger partial charge in [0.25, 0.3) is 10.0 Å². The van der Waals surface area contributed by atoms with Crippen molar-refractivity contribution in [1.82, 2.24) is 4.98 Å². The van der Waals surface area contributed by atoms with Crippen LogP contribution in [0.4, 0.5) is 18.3 Å². The van der Waals surface area contributed by atoms with Crippen LogP contribution in [0, 0.1) is 0 Å². The Balaban J connectivity index is 2.12. The molecule has 0 aliphatic carbocycles. The number of hydrogen-bond donors (Lipinski definition) is 2. The molecule has 0 bridgehead atoms. The normalized spacial score (nSPS) is 12.0. The number of benzene rings is 1. The molecule has 0 unspecified atom stereocenters. The maximum atomic E-state index is 12.1. The Bertz CT molecular complexity index is 831. The maximum Gasteiger partial charge on any atom is 0.573 e. The van der Waals surface area contributed by atoms with Crippen LogP contribution in [0.25, 0.3) is 0 Å². The molecule has 130 valence electrons. The molecule has 2 aromatic rings. The summed E-state index contributed by atoms with van der Waals surface area (Å²) in [6.07, 6.45) is -5.23. The molecule has 12 heteroatoms. The summed E-state index contributed by atoms with van der Waals surface area (Å²) in [4.78, 5) is 14.1. The van der Waals surface area contributed by atoms with Gasteiger partial charge in [-0.1, -0.05) is 0 Å². The van der Waals surface area contributed by atoms with Crippen molar-refractivity contribution in [1.29, 1.82) is 0 Å². The zero-order valence-electron chi connectivity index (χ0n) is 11.6. The van der Waals surface area contributed by atoms with E-state index in [2.05, 4.69) is 14.4 Å². The summed E-state index contributed by atoms with van der Waals surface area (Å²) in [6.45, 7) is 0. The molecule has 2 rings (SSSR count). The van der Waals surface area contributed by atoms with Crippen molar-refractivity contribution in [2.24, 2.45) is 0 Å². The summed E-state index contributed by atoms with van der Waals surface area (Å²) in [5, 5.41) is 9.95. The number of nitrogens with one attached hydrogen (secondary N) is 1. The van der Waals surface area contributed by atoms with Crippen LogP contribution in [-0.4, -0.2) is 30.8 Å². The Hall–Kier alpha value is -2.34. The number of hydrogen-bond acceptors (Lipinski definition) is 6. The van der Waals surface area contributed by atoms with Crippen molar-refractivity contribution in [3.8, 4) is 5.75 Å². The molecule has 0 aliphatic heterocycles. The van der Waals surface area contributed by atoms with Crippen LogP contribution < -0.4 is 9.46 Å². The second-order valence-electron chi connectivity index (χ2n) is 4.34. The number of rotatable bonds is 6. The van der Waals surface area contributed by atoms with Crippen LogP contribution in [0.3, 0.4) is 0 Å². The molecule has 0 amide bonds. The number of alkyl halides is 3. The lowest BCUT2D eigenvalue weighted by molar-refractivity contribution is -0.274. The second kappa shape index (κ2) is 6.65. The first-order valence-electron chi connectivity index (χ1n) is 6.10. The lowest BCUT2D eigenvalue weighted by Gasteiger charge is -2.09. The first-order valence-corrected chi connectivity index (χ1v) is 8.46. The molecule has 0 saturated heterocycles. The highest BCUT2D eigenvalue weighted by molar-refractivity contribution is 7.93. The zero-order valence-corrected chi connectivity index (χ0v) is 13.2. The molecule has 0 fully saturated rings. The quantitative estimate of drug-likeness (QED) is 0.795. The fraction of sp³-hybridized carbons (Fsp3) is 0.167. The van der Waals surface area contributed by atoms with Crippen molar-refractivity contribution in [2.75, 3.05) is 4.72 Å². The number of carboxylic acids is 1. The van der Waals surface area contributed by atoms with E-state index in [1.54, 1.807) is 0 Å². The van der Waals surface area contributed by atoms with Crippen molar-refractivity contribution < 1.29 is 36.2 Å². The van der Waals surface area contributed by atoms with Gasteiger partial charge in [-0.05, 0) is 24.3 Å². The van der Waals surface area contributed by atoms with Gasteiger partial charge in [0.05, 0.1) is 17.0 Å². The molecule has 2 N–H and O–H groups in total. The van der Waals surface area contributed by atoms with Gasteiger partial charge in [0, 0.05) is 5.38 Å². The van der Waals surface area contributed by atoms with Gasteiger partial charge in [-0.15, -0.1) is 24.5 Å². The Morgan fingerprint density at radius 1 is 1.29 bits per heavy atom. The van der Waals surface area contributed by atoms with E-state index in [0.717, 1.165) is 35.6 Å². The number of carboxylic acid groups (broad SMARTS) is 1. The van der Waals surface area contributed by atoms with Crippen LogP contribution in [-0.2, 0) is 21.2 Å². The second-order valence-corrected chi connectivity index (χ2v) is 6.88. The molecular weight excluding hydrogens is 373 g/mol. The Labute approximate surface area is 137 Å². The fourth-order valence-corrected chi connectivity index (χ4v) is 3.55. The Morgan fingerprint density at radius 2 is 1.92 bits per heavy atom. The standard InChI is InChI=1S/C12H9F3N2O5S2/c13-12(14,15)22-8-1-3-9(4-2-8)24(20,21)17-11-16-7(6-23-11)5-10(18)19/h1-4,6H,5H2,(H,16,17)(H,18,19). The largest absolute Gasteiger partial charge is 0.573 e. The monoisotopic (exact) mass is 382 g/mol. The number of halogens is 3. The third-order valence-electron chi connectivity index (χ3n) is 2.47. The number of carbonyl (C=O) groups is 1. The van der Waals surface area contributed by atoms with Crippen LogP contribution in [0.1, 0.15) is 5.69 Å². The summed E-state index contributed by atoms with van der Waals surface area (Å²) >= 11 is 0.886. The highest BCUT2D eigenvalue weighted by atomic mass is 32.2. The van der Waals surface area contributed by atoms with Crippen LogP contribution >= 0.6 is 11.3 Å². The van der Waals surface area contributed by atoms with E-state index in [-0.39, 0.29) is 22.1 Å². The third kappa shape index (κ3) is 5.09. The van der Waals surface area contributed by atoms with Crippen molar-refractivity contribution >= 4 is 32.5 Å². The average Bonchev–Trinajstić information content (AvgIpc) is 2.83. The van der Waals surface area contributed by atoms with Crippen molar-refractivity contribution in [2.45, 2.75) is 17.7 Å². The minimum absolute atomic E-state index is 0.0538. The highest BCUT2D eigenvalue weighted by Gasteiger charge is 2.31. The zero-order chi connectivity index (χ0) is 18.0. The summed E-state index contributed by atoms with van der Waals surface area (Å²) in [6, 6.07) is 3.60. The van der Waals surface area contributed by atoms with E-state index in [1.807, 2.05) is 0 Å². The average molecular weight is 382 g/mol. The van der Waals surface area contributed by atoms with Crippen molar-refractivity contribution in [3.63, 3.8) is 0 Å². The van der Waals surface area contributed by atoms with Gasteiger partial charge < -0.3 is 9.84 Å². The van der Waals surface area contributed by atoms with E-state index in [0.29, 0.717) is 0 Å². The number of nitrogens with zero attached hydrogens (tertiary/aromatic N) is 1. The van der Waals surface area contributed by atoms with Crippen molar-refractivity contribution in [3.05, 3.63) is 35.3 Å². The number of aromatic nitrogens is 1. The first kappa shape index (κ1) is 18.0. The maximum absolute atomic E-state index is 12.1. The van der Waals surface area contributed by atoms with Crippen LogP contribution in [0.2, 0.25) is 0 Å². The molecule has 1 aromatic heterocycles. The van der Waals surface area contributed by atoms with Gasteiger partial charge in [-0.3, -0.25) is 9.52 Å². The lowest BCUT2D eigenvalue weighted by atomic mass is 10.3. The SMILES string of the molecule is O=C(O)Cc1csc(NS(=O)(=O)c2ccc(OC(F)(F)F)cc2)n1. The fourth-order valence-electron chi connectivity index (χ4n) is 1.58. The molecule has 0 aliphatic rings. The van der Waals surface area contributed by atoms with E-state index in [4.69, 9.17) is 5.11 Å². The van der Waals surface area contributed by atoms with Crippen LogP contribution in [0.15, 0.2) is 34.5 Å². The predicted octanol–water partition coefficient (Wildman–Crippen LogP) is 2.47. The highest BCUT2D eigenvalue weighted by Crippen LogP contribution is 2.25. The number of anilines is 1. The smallest absolute Gasteiger partial charge is 0.481 e. The van der Waals surface area contributed by atoms with Gasteiger partial charge in [0.1, 0.15) is 5.75 Å². The molecule has 7 nitrogen and oxygen atoms in total. The minimum Gasteiger partial charge on any atom is -0.481 e. The van der Waals surface area contributed by atoms with Gasteiger partial charge in [0.15, 0.2) is 5.13 Å². The minimum atomic E-state index is -4.87. The molecule has 0 spiro atoms. The van der Waals surface area contributed by atoms with E-state index in [9.17, 15) is 26.4 Å². The van der Waals surface area contributed by atoms with E-state index >= 15 is 0 Å². The lowest BCUT2D eigenvalue weighted by Crippen LogP contribution is -2.17. The topological polar surface area (TPSA) is 106 Å². The Kier molecular flexibility index (Phi) is 4.99. The van der Waals surface area contributed by atoms with Gasteiger partial charge in [-0.25, -0.2) is 13.4 Å². The molecular formula is C12H9F3N2O5S2. The van der Waals surface area contributed by atoms with Gasteiger partial charge >= 0.3 is 12.3 Å².